The van der Waals surface area contributed by atoms with Crippen molar-refractivity contribution in [1.82, 2.24) is 0 Å². The Morgan fingerprint density at radius 3 is 2.62 bits per heavy atom. The van der Waals surface area contributed by atoms with Gasteiger partial charge in [0.05, 0.1) is 17.4 Å². The molecule has 0 heterocycles. The van der Waals surface area contributed by atoms with Gasteiger partial charge in [-0.15, -0.1) is 0 Å². The van der Waals surface area contributed by atoms with Crippen molar-refractivity contribution in [3.05, 3.63) is 40.4 Å². The van der Waals surface area contributed by atoms with E-state index < -0.39 is 4.92 Å². The minimum atomic E-state index is -0.600. The molecule has 0 spiro atoms. The number of hydrogen-bond acceptors (Lipinski definition) is 4. The zero-order chi connectivity index (χ0) is 11.7. The quantitative estimate of drug-likeness (QED) is 0.622. The topological polar surface area (TPSA) is 72.6 Å². The van der Waals surface area contributed by atoms with E-state index in [1.54, 1.807) is 18.2 Å². The molecule has 0 atom stereocenters. The Hall–Kier alpha value is -2.30. The molecule has 1 N–H and O–H groups in total. The Kier molecular flexibility index (Phi) is 2.36. The van der Waals surface area contributed by atoms with Gasteiger partial charge in [0.1, 0.15) is 5.75 Å². The number of methoxy groups -OCH3 is 1. The Morgan fingerprint density at radius 1 is 1.31 bits per heavy atom. The van der Waals surface area contributed by atoms with Gasteiger partial charge in [-0.25, -0.2) is 0 Å². The smallest absolute Gasteiger partial charge is 0.318 e. The van der Waals surface area contributed by atoms with Gasteiger partial charge in [0, 0.05) is 0 Å². The number of phenolic OH excluding ortho intramolecular Hbond substituents is 1. The Morgan fingerprint density at radius 2 is 2.00 bits per heavy atom. The van der Waals surface area contributed by atoms with Crippen LogP contribution in [0.4, 0.5) is 5.69 Å². The molecule has 0 bridgehead atoms. The van der Waals surface area contributed by atoms with E-state index in [-0.39, 0.29) is 11.4 Å². The summed E-state index contributed by atoms with van der Waals surface area (Å²) in [6.45, 7) is 0. The van der Waals surface area contributed by atoms with Crippen LogP contribution in [0.5, 0.6) is 11.5 Å². The normalized spacial score (nSPS) is 10.3. The van der Waals surface area contributed by atoms with Gasteiger partial charge in [0.15, 0.2) is 5.75 Å². The fraction of sp³-hybridized carbons (Fsp3) is 0.0909. The lowest BCUT2D eigenvalue weighted by molar-refractivity contribution is -0.384. The highest BCUT2D eigenvalue weighted by molar-refractivity contribution is 5.94. The van der Waals surface area contributed by atoms with E-state index in [0.29, 0.717) is 16.5 Å². The Bertz CT molecular complexity index is 565. The molecule has 16 heavy (non-hydrogen) atoms. The third-order valence-corrected chi connectivity index (χ3v) is 2.36. The molecule has 0 aliphatic carbocycles. The molecule has 2 aromatic carbocycles. The lowest BCUT2D eigenvalue weighted by Crippen LogP contribution is -1.91. The molecule has 5 heteroatoms. The zero-order valence-corrected chi connectivity index (χ0v) is 8.51. The standard InChI is InChI=1S/C11H9NO4/c1-16-8-4-2-7-3-5-10(13)11(12(14)15)9(7)6-8/h2-6,13H,1H3. The van der Waals surface area contributed by atoms with Crippen molar-refractivity contribution in [2.45, 2.75) is 0 Å². The van der Waals surface area contributed by atoms with Crippen LogP contribution < -0.4 is 4.74 Å². The maximum Gasteiger partial charge on any atom is 0.318 e. The molecular weight excluding hydrogens is 210 g/mol. The fourth-order valence-corrected chi connectivity index (χ4v) is 1.59. The van der Waals surface area contributed by atoms with Crippen molar-refractivity contribution in [3.63, 3.8) is 0 Å². The molecule has 0 aliphatic rings. The highest BCUT2D eigenvalue weighted by atomic mass is 16.6. The number of fused-ring (bicyclic) bond motifs is 1. The number of rotatable bonds is 2. The van der Waals surface area contributed by atoms with Gasteiger partial charge in [0.2, 0.25) is 0 Å². The predicted octanol–water partition coefficient (Wildman–Crippen LogP) is 2.46. The highest BCUT2D eigenvalue weighted by Gasteiger charge is 2.18. The van der Waals surface area contributed by atoms with Crippen LogP contribution in [0.1, 0.15) is 0 Å². The summed E-state index contributed by atoms with van der Waals surface area (Å²) in [7, 11) is 1.48. The van der Waals surface area contributed by atoms with E-state index in [0.717, 1.165) is 0 Å². The second-order valence-electron chi connectivity index (χ2n) is 3.28. The van der Waals surface area contributed by atoms with Crippen LogP contribution in [-0.2, 0) is 0 Å². The molecule has 2 aromatic rings. The first-order chi connectivity index (χ1) is 7.63. The molecule has 0 unspecified atom stereocenters. The molecule has 0 saturated carbocycles. The van der Waals surface area contributed by atoms with Crippen molar-refractivity contribution in [1.29, 1.82) is 0 Å². The molecule has 5 nitrogen and oxygen atoms in total. The van der Waals surface area contributed by atoms with Gasteiger partial charge in [-0.3, -0.25) is 10.1 Å². The van der Waals surface area contributed by atoms with Crippen molar-refractivity contribution < 1.29 is 14.8 Å². The first-order valence-corrected chi connectivity index (χ1v) is 4.57. The molecule has 0 radical (unpaired) electrons. The second-order valence-corrected chi connectivity index (χ2v) is 3.28. The summed E-state index contributed by atoms with van der Waals surface area (Å²) >= 11 is 0. The van der Waals surface area contributed by atoms with Crippen LogP contribution in [0.3, 0.4) is 0 Å². The SMILES string of the molecule is COc1ccc2ccc(O)c([N+](=O)[O-])c2c1. The average Bonchev–Trinajstić information content (AvgIpc) is 2.27. The maximum absolute atomic E-state index is 10.8. The van der Waals surface area contributed by atoms with Gasteiger partial charge in [-0.2, -0.15) is 0 Å². The molecule has 82 valence electrons. The third kappa shape index (κ3) is 1.52. The number of benzene rings is 2. The van der Waals surface area contributed by atoms with Crippen molar-refractivity contribution in [2.24, 2.45) is 0 Å². The van der Waals surface area contributed by atoms with Gasteiger partial charge < -0.3 is 9.84 Å². The van der Waals surface area contributed by atoms with E-state index in [1.807, 2.05) is 0 Å². The predicted molar refractivity (Wildman–Crippen MR) is 58.8 cm³/mol. The summed E-state index contributed by atoms with van der Waals surface area (Å²) in [6, 6.07) is 7.89. The highest BCUT2D eigenvalue weighted by Crippen LogP contribution is 2.35. The van der Waals surface area contributed by atoms with Crippen LogP contribution in [-0.4, -0.2) is 17.1 Å². The summed E-state index contributed by atoms with van der Waals surface area (Å²) in [4.78, 5) is 10.2. The number of nitrogens with zero attached hydrogens (tertiary/aromatic N) is 1. The minimum Gasteiger partial charge on any atom is -0.502 e. The van der Waals surface area contributed by atoms with E-state index in [4.69, 9.17) is 4.74 Å². The van der Waals surface area contributed by atoms with Gasteiger partial charge in [0.25, 0.3) is 0 Å². The molecule has 0 amide bonds. The van der Waals surface area contributed by atoms with Crippen LogP contribution in [0.15, 0.2) is 30.3 Å². The molecule has 0 aromatic heterocycles. The molecule has 0 aliphatic heterocycles. The van der Waals surface area contributed by atoms with E-state index in [2.05, 4.69) is 0 Å². The first kappa shape index (κ1) is 10.2. The van der Waals surface area contributed by atoms with E-state index in [1.165, 1.54) is 19.2 Å². The Labute approximate surface area is 91.0 Å². The number of nitro groups is 1. The molecule has 2 rings (SSSR count). The lowest BCUT2D eigenvalue weighted by Gasteiger charge is -2.04. The summed E-state index contributed by atoms with van der Waals surface area (Å²) in [5.41, 5.74) is -0.295. The van der Waals surface area contributed by atoms with Gasteiger partial charge >= 0.3 is 5.69 Å². The largest absolute Gasteiger partial charge is 0.502 e. The monoisotopic (exact) mass is 219 g/mol. The van der Waals surface area contributed by atoms with E-state index >= 15 is 0 Å². The zero-order valence-electron chi connectivity index (χ0n) is 8.51. The first-order valence-electron chi connectivity index (χ1n) is 4.57. The van der Waals surface area contributed by atoms with Crippen molar-refractivity contribution in [3.8, 4) is 11.5 Å². The maximum atomic E-state index is 10.8. The van der Waals surface area contributed by atoms with Crippen LogP contribution in [0.2, 0.25) is 0 Å². The number of hydrogen-bond donors (Lipinski definition) is 1. The molecule has 0 saturated heterocycles. The van der Waals surface area contributed by atoms with Crippen LogP contribution >= 0.6 is 0 Å². The number of nitro benzene ring substituents is 1. The van der Waals surface area contributed by atoms with E-state index in [9.17, 15) is 15.2 Å². The van der Waals surface area contributed by atoms with Crippen LogP contribution in [0, 0.1) is 10.1 Å². The minimum absolute atomic E-state index is 0.295. The summed E-state index contributed by atoms with van der Waals surface area (Å²) in [5, 5.41) is 21.4. The average molecular weight is 219 g/mol. The van der Waals surface area contributed by atoms with Crippen LogP contribution in [0.25, 0.3) is 10.8 Å². The Balaban J connectivity index is 2.83. The molecular formula is C11H9NO4. The lowest BCUT2D eigenvalue weighted by atomic mass is 10.1. The fourth-order valence-electron chi connectivity index (χ4n) is 1.59. The third-order valence-electron chi connectivity index (χ3n) is 2.36. The van der Waals surface area contributed by atoms with Gasteiger partial charge in [-0.05, 0) is 23.6 Å². The number of aromatic hydroxyl groups is 1. The van der Waals surface area contributed by atoms with Crippen molar-refractivity contribution in [2.75, 3.05) is 7.11 Å². The molecule has 0 fully saturated rings. The number of phenols is 1. The summed E-state index contributed by atoms with van der Waals surface area (Å²) in [5.74, 6) is 0.173. The van der Waals surface area contributed by atoms with Gasteiger partial charge in [-0.1, -0.05) is 12.1 Å². The second kappa shape index (κ2) is 3.69. The summed E-state index contributed by atoms with van der Waals surface area (Å²) in [6.07, 6.45) is 0. The van der Waals surface area contributed by atoms with Crippen molar-refractivity contribution >= 4 is 16.5 Å². The number of ether oxygens (including phenoxy) is 1. The summed E-state index contributed by atoms with van der Waals surface area (Å²) < 4.78 is 4.99.